The fraction of sp³-hybridized carbons (Fsp3) is 0.0645. The van der Waals surface area contributed by atoms with Gasteiger partial charge in [-0.2, -0.15) is 4.39 Å². The zero-order chi connectivity index (χ0) is 30.2. The minimum Gasteiger partial charge on any atom is -0.457 e. The number of amides is 1. The molecule has 3 aromatic carbocycles. The quantitative estimate of drug-likeness (QED) is 0.190. The maximum atomic E-state index is 13.9. The second-order valence-electron chi connectivity index (χ2n) is 9.58. The Balaban J connectivity index is 1.43. The van der Waals surface area contributed by atoms with Gasteiger partial charge in [-0.25, -0.2) is 4.99 Å². The van der Waals surface area contributed by atoms with Crippen molar-refractivity contribution in [2.24, 2.45) is 4.99 Å². The van der Waals surface area contributed by atoms with Crippen LogP contribution in [0.3, 0.4) is 0 Å². The number of benzene rings is 3. The standard InChI is InChI=1S/C31H20ClFN4O5S/c1-17-27(29(38)35-21-5-3-2-4-6-21)28(18-7-10-20(32)11-8-18)36-30(39)26(43-31(36)34-17)16-22-12-14-25(42-22)19-9-13-23(33)24(15-19)37(40)41/h2-16,28H,1H3,(H,35,38)/b26-16-/t28-/m1/s1. The van der Waals surface area contributed by atoms with Crippen molar-refractivity contribution in [3.8, 4) is 11.3 Å². The van der Waals surface area contributed by atoms with Crippen molar-refractivity contribution in [1.29, 1.82) is 0 Å². The lowest BCUT2D eigenvalue weighted by Crippen LogP contribution is -2.40. The van der Waals surface area contributed by atoms with Gasteiger partial charge in [0, 0.05) is 28.4 Å². The molecule has 5 aromatic rings. The van der Waals surface area contributed by atoms with E-state index < -0.39 is 33.9 Å². The van der Waals surface area contributed by atoms with Crippen molar-refractivity contribution in [2.45, 2.75) is 13.0 Å². The molecule has 1 atom stereocenters. The number of hydrogen-bond acceptors (Lipinski definition) is 7. The Morgan fingerprint density at radius 1 is 1.12 bits per heavy atom. The van der Waals surface area contributed by atoms with E-state index in [2.05, 4.69) is 10.3 Å². The summed E-state index contributed by atoms with van der Waals surface area (Å²) in [5, 5.41) is 14.6. The van der Waals surface area contributed by atoms with Crippen LogP contribution in [0.25, 0.3) is 17.4 Å². The first-order valence-corrected chi connectivity index (χ1v) is 14.1. The minimum atomic E-state index is -0.955. The highest BCUT2D eigenvalue weighted by molar-refractivity contribution is 7.07. The van der Waals surface area contributed by atoms with Crippen LogP contribution in [0.5, 0.6) is 0 Å². The van der Waals surface area contributed by atoms with Gasteiger partial charge in [-0.05, 0) is 61.0 Å². The van der Waals surface area contributed by atoms with Gasteiger partial charge in [0.15, 0.2) is 4.80 Å². The number of carbonyl (C=O) groups excluding carboxylic acids is 1. The summed E-state index contributed by atoms with van der Waals surface area (Å²) in [6, 6.07) is 21.7. The molecule has 0 unspecified atom stereocenters. The molecule has 2 aromatic heterocycles. The van der Waals surface area contributed by atoms with E-state index in [4.69, 9.17) is 16.0 Å². The highest BCUT2D eigenvalue weighted by Gasteiger charge is 2.32. The molecule has 0 radical (unpaired) electrons. The number of allylic oxidation sites excluding steroid dienone is 1. The molecule has 214 valence electrons. The van der Waals surface area contributed by atoms with Crippen LogP contribution in [-0.2, 0) is 4.79 Å². The van der Waals surface area contributed by atoms with Crippen LogP contribution in [0.2, 0.25) is 5.02 Å². The Hall–Kier alpha value is -5.13. The summed E-state index contributed by atoms with van der Waals surface area (Å²) in [7, 11) is 0. The Bertz CT molecular complexity index is 2120. The third kappa shape index (κ3) is 5.43. The number of thiazole rings is 1. The number of anilines is 1. The van der Waals surface area contributed by atoms with E-state index in [0.29, 0.717) is 48.2 Å². The van der Waals surface area contributed by atoms with Crippen LogP contribution in [0.1, 0.15) is 24.3 Å². The van der Waals surface area contributed by atoms with E-state index in [1.165, 1.54) is 16.7 Å². The average Bonchev–Trinajstić information content (AvgIpc) is 3.57. The first-order valence-electron chi connectivity index (χ1n) is 12.9. The SMILES string of the molecule is CC1=C(C(=O)Nc2ccccc2)[C@@H](c2ccc(Cl)cc2)n2c(s/c(=C\c3ccc(-c4ccc(F)c([N+](=O)[O-])c4)o3)c2=O)=N1. The highest BCUT2D eigenvalue weighted by Crippen LogP contribution is 2.32. The summed E-state index contributed by atoms with van der Waals surface area (Å²) in [5.41, 5.74) is 1.28. The number of nitrogens with zero attached hydrogens (tertiary/aromatic N) is 3. The lowest BCUT2D eigenvalue weighted by atomic mass is 9.95. The van der Waals surface area contributed by atoms with Gasteiger partial charge in [0.05, 0.1) is 26.8 Å². The number of hydrogen-bond donors (Lipinski definition) is 1. The second kappa shape index (κ2) is 11.3. The van der Waals surface area contributed by atoms with Gasteiger partial charge in [0.25, 0.3) is 11.5 Å². The fourth-order valence-corrected chi connectivity index (χ4v) is 5.97. The predicted octanol–water partition coefficient (Wildman–Crippen LogP) is 5.83. The van der Waals surface area contributed by atoms with Crippen LogP contribution in [0, 0.1) is 15.9 Å². The van der Waals surface area contributed by atoms with Crippen molar-refractivity contribution >= 4 is 46.3 Å². The molecule has 0 fully saturated rings. The number of nitro benzene ring substituents is 1. The summed E-state index contributed by atoms with van der Waals surface area (Å²) in [6.07, 6.45) is 1.53. The van der Waals surface area contributed by atoms with Crippen molar-refractivity contribution in [3.05, 3.63) is 148 Å². The maximum absolute atomic E-state index is 13.9. The molecule has 1 N–H and O–H groups in total. The average molecular weight is 615 g/mol. The Morgan fingerprint density at radius 2 is 1.86 bits per heavy atom. The van der Waals surface area contributed by atoms with Crippen molar-refractivity contribution in [3.63, 3.8) is 0 Å². The molecule has 1 aliphatic heterocycles. The number of nitrogens with one attached hydrogen (secondary N) is 1. The minimum absolute atomic E-state index is 0.261. The van der Waals surface area contributed by atoms with E-state index in [0.717, 1.165) is 23.5 Å². The molecule has 3 heterocycles. The molecule has 12 heteroatoms. The molecule has 0 saturated carbocycles. The van der Waals surface area contributed by atoms with E-state index in [-0.39, 0.29) is 5.76 Å². The highest BCUT2D eigenvalue weighted by atomic mass is 35.5. The summed E-state index contributed by atoms with van der Waals surface area (Å²) in [5.74, 6) is -0.792. The van der Waals surface area contributed by atoms with E-state index in [9.17, 15) is 24.1 Å². The van der Waals surface area contributed by atoms with Gasteiger partial charge in [0.1, 0.15) is 11.5 Å². The van der Waals surface area contributed by atoms with Crippen LogP contribution < -0.4 is 20.2 Å². The smallest absolute Gasteiger partial charge is 0.305 e. The number of nitro groups is 1. The lowest BCUT2D eigenvalue weighted by Gasteiger charge is -2.25. The van der Waals surface area contributed by atoms with Gasteiger partial charge in [-0.3, -0.25) is 24.3 Å². The van der Waals surface area contributed by atoms with Gasteiger partial charge in [-0.15, -0.1) is 0 Å². The van der Waals surface area contributed by atoms with Crippen LogP contribution in [0.15, 0.2) is 110 Å². The van der Waals surface area contributed by atoms with E-state index in [1.54, 1.807) is 67.6 Å². The van der Waals surface area contributed by atoms with Crippen molar-refractivity contribution < 1.29 is 18.5 Å². The summed E-state index contributed by atoms with van der Waals surface area (Å²) >= 11 is 7.28. The van der Waals surface area contributed by atoms with Gasteiger partial charge in [-0.1, -0.05) is 53.3 Å². The third-order valence-electron chi connectivity index (χ3n) is 6.81. The molecule has 9 nitrogen and oxygen atoms in total. The lowest BCUT2D eigenvalue weighted by molar-refractivity contribution is -0.387. The first-order chi connectivity index (χ1) is 20.7. The monoisotopic (exact) mass is 614 g/mol. The maximum Gasteiger partial charge on any atom is 0.305 e. The molecule has 6 rings (SSSR count). The van der Waals surface area contributed by atoms with Crippen molar-refractivity contribution in [1.82, 2.24) is 4.57 Å². The van der Waals surface area contributed by atoms with Gasteiger partial charge < -0.3 is 9.73 Å². The molecule has 1 aliphatic rings. The number of aromatic nitrogens is 1. The van der Waals surface area contributed by atoms with E-state index in [1.807, 2.05) is 6.07 Å². The van der Waals surface area contributed by atoms with E-state index >= 15 is 0 Å². The molecular formula is C31H20ClFN4O5S. The second-order valence-corrected chi connectivity index (χ2v) is 11.0. The molecule has 0 spiro atoms. The molecule has 43 heavy (non-hydrogen) atoms. The normalized spacial score (nSPS) is 14.8. The largest absolute Gasteiger partial charge is 0.457 e. The number of furan rings is 1. The zero-order valence-corrected chi connectivity index (χ0v) is 23.9. The Labute approximate surface area is 251 Å². The van der Waals surface area contributed by atoms with Crippen LogP contribution in [0.4, 0.5) is 15.8 Å². The predicted molar refractivity (Wildman–Crippen MR) is 161 cm³/mol. The Kier molecular flexibility index (Phi) is 7.34. The first kappa shape index (κ1) is 28.0. The zero-order valence-electron chi connectivity index (χ0n) is 22.3. The van der Waals surface area contributed by atoms with Crippen LogP contribution >= 0.6 is 22.9 Å². The van der Waals surface area contributed by atoms with Gasteiger partial charge in [0.2, 0.25) is 5.82 Å². The molecule has 0 aliphatic carbocycles. The summed E-state index contributed by atoms with van der Waals surface area (Å²) in [6.45, 7) is 1.72. The number of fused-ring (bicyclic) bond motifs is 1. The van der Waals surface area contributed by atoms with Gasteiger partial charge >= 0.3 is 5.69 Å². The van der Waals surface area contributed by atoms with Crippen LogP contribution in [-0.4, -0.2) is 15.4 Å². The molecule has 1 amide bonds. The number of carbonyl (C=O) groups is 1. The molecular weight excluding hydrogens is 595 g/mol. The van der Waals surface area contributed by atoms with Crippen molar-refractivity contribution in [2.75, 3.05) is 5.32 Å². The topological polar surface area (TPSA) is 120 Å². The fourth-order valence-electron chi connectivity index (χ4n) is 4.81. The summed E-state index contributed by atoms with van der Waals surface area (Å²) < 4.78 is 21.4. The molecule has 0 bridgehead atoms. The number of rotatable bonds is 6. The molecule has 0 saturated heterocycles. The Morgan fingerprint density at radius 3 is 2.58 bits per heavy atom. The number of halogens is 2. The summed E-state index contributed by atoms with van der Waals surface area (Å²) in [4.78, 5) is 42.9. The third-order valence-corrected chi connectivity index (χ3v) is 8.05. The number of para-hydroxylation sites is 1.